The van der Waals surface area contributed by atoms with Gasteiger partial charge >= 0.3 is 0 Å². The van der Waals surface area contributed by atoms with Crippen molar-refractivity contribution in [3.05, 3.63) is 66.5 Å². The first kappa shape index (κ1) is 28.9. The maximum absolute atomic E-state index is 15.8. The summed E-state index contributed by atoms with van der Waals surface area (Å²) in [7, 11) is 1.48. The van der Waals surface area contributed by atoms with Gasteiger partial charge in [0, 0.05) is 43.0 Å². The monoisotopic (exact) mass is 601 g/mol. The molecule has 2 aliphatic heterocycles. The molecule has 9 nitrogen and oxygen atoms in total. The Kier molecular flexibility index (Phi) is 8.07. The van der Waals surface area contributed by atoms with E-state index >= 15 is 4.39 Å². The summed E-state index contributed by atoms with van der Waals surface area (Å²) < 4.78 is 41.1. The fourth-order valence-electron chi connectivity index (χ4n) is 6.73. The standard InChI is InChI=1S/C34H36FN3O6/c1-41-19-30(40)36-23-11-9-21(10-12-23)20-5-7-22(8-6-20)33-25(35)16-27-26(37-33)17-32(38(27)31-4-2-3-15-42-31)44-29-14-13-24-28(39)18-43-34(24)29/h5-12,16-17,24,28-29,31,34,39H,2-4,13-15,18-19H2,1H3,(H,36,40)/t24?,28-,29-,31?,34+/m1/s1. The number of aliphatic hydroxyl groups excluding tert-OH is 1. The van der Waals surface area contributed by atoms with Gasteiger partial charge in [-0.15, -0.1) is 0 Å². The van der Waals surface area contributed by atoms with Gasteiger partial charge in [-0.1, -0.05) is 36.4 Å². The summed E-state index contributed by atoms with van der Waals surface area (Å²) in [4.78, 5) is 16.6. The van der Waals surface area contributed by atoms with Crippen LogP contribution in [0.4, 0.5) is 10.1 Å². The number of hydrogen-bond donors (Lipinski definition) is 2. The van der Waals surface area contributed by atoms with Crippen LogP contribution in [0.3, 0.4) is 0 Å². The fourth-order valence-corrected chi connectivity index (χ4v) is 6.73. The minimum absolute atomic E-state index is 0.00556. The Morgan fingerprint density at radius 2 is 1.77 bits per heavy atom. The fraction of sp³-hybridized carbons (Fsp3) is 0.412. The van der Waals surface area contributed by atoms with Gasteiger partial charge in [-0.05, 0) is 55.4 Å². The maximum Gasteiger partial charge on any atom is 0.250 e. The third-order valence-electron chi connectivity index (χ3n) is 8.92. The molecular weight excluding hydrogens is 565 g/mol. The number of aliphatic hydroxyl groups is 1. The van der Waals surface area contributed by atoms with Crippen LogP contribution >= 0.6 is 0 Å². The van der Waals surface area contributed by atoms with Gasteiger partial charge in [-0.25, -0.2) is 9.37 Å². The molecule has 2 unspecified atom stereocenters. The van der Waals surface area contributed by atoms with Crippen LogP contribution < -0.4 is 10.1 Å². The Balaban J connectivity index is 1.16. The molecule has 5 atom stereocenters. The first-order chi connectivity index (χ1) is 21.5. The number of halogens is 1. The zero-order valence-electron chi connectivity index (χ0n) is 24.6. The van der Waals surface area contributed by atoms with Gasteiger partial charge in [0.05, 0.1) is 29.8 Å². The number of pyridine rings is 1. The molecule has 3 aliphatic rings. The lowest BCUT2D eigenvalue weighted by Gasteiger charge is -2.28. The molecule has 0 radical (unpaired) electrons. The predicted octanol–water partition coefficient (Wildman–Crippen LogP) is 5.71. The van der Waals surface area contributed by atoms with Crippen molar-refractivity contribution in [3.8, 4) is 28.3 Å². The Morgan fingerprint density at radius 3 is 2.50 bits per heavy atom. The molecule has 0 bridgehead atoms. The number of nitrogens with zero attached hydrogens (tertiary/aromatic N) is 2. The predicted molar refractivity (Wildman–Crippen MR) is 163 cm³/mol. The normalized spacial score (nSPS) is 24.8. The third-order valence-corrected chi connectivity index (χ3v) is 8.92. The number of rotatable bonds is 8. The zero-order valence-corrected chi connectivity index (χ0v) is 24.6. The molecule has 230 valence electrons. The van der Waals surface area contributed by atoms with Crippen molar-refractivity contribution in [1.82, 2.24) is 9.55 Å². The second-order valence-corrected chi connectivity index (χ2v) is 11.8. The van der Waals surface area contributed by atoms with Crippen LogP contribution in [-0.2, 0) is 19.0 Å². The Labute approximate surface area is 254 Å². The van der Waals surface area contributed by atoms with Crippen molar-refractivity contribution in [2.45, 2.75) is 56.6 Å². The number of hydrogen-bond acceptors (Lipinski definition) is 7. The van der Waals surface area contributed by atoms with E-state index in [1.54, 1.807) is 0 Å². The second-order valence-electron chi connectivity index (χ2n) is 11.8. The number of carbonyl (C=O) groups excluding carboxylic acids is 1. The number of methoxy groups -OCH3 is 1. The quantitative estimate of drug-likeness (QED) is 0.267. The molecule has 1 amide bonds. The number of carbonyl (C=O) groups is 1. The number of anilines is 1. The van der Waals surface area contributed by atoms with Crippen molar-refractivity contribution < 1.29 is 33.2 Å². The van der Waals surface area contributed by atoms with Crippen LogP contribution in [0, 0.1) is 11.7 Å². The van der Waals surface area contributed by atoms with Gasteiger partial charge in [-0.2, -0.15) is 0 Å². The highest BCUT2D eigenvalue weighted by Gasteiger charge is 2.47. The third kappa shape index (κ3) is 5.59. The molecule has 2 aromatic carbocycles. The van der Waals surface area contributed by atoms with Crippen LogP contribution in [-0.4, -0.2) is 65.8 Å². The van der Waals surface area contributed by atoms with E-state index in [1.807, 2.05) is 59.2 Å². The number of nitrogens with one attached hydrogen (secondary N) is 1. The number of amides is 1. The smallest absolute Gasteiger partial charge is 0.250 e. The average Bonchev–Trinajstić information content (AvgIpc) is 3.72. The Morgan fingerprint density at radius 1 is 1.02 bits per heavy atom. The lowest BCUT2D eigenvalue weighted by Crippen LogP contribution is -2.31. The van der Waals surface area contributed by atoms with E-state index in [1.165, 1.54) is 13.2 Å². The Bertz CT molecular complexity index is 1630. The summed E-state index contributed by atoms with van der Waals surface area (Å²) >= 11 is 0. The number of aromatic nitrogens is 2. The highest BCUT2D eigenvalue weighted by atomic mass is 19.1. The lowest BCUT2D eigenvalue weighted by molar-refractivity contribution is -0.119. The summed E-state index contributed by atoms with van der Waals surface area (Å²) in [6.45, 7) is 0.963. The van der Waals surface area contributed by atoms with Gasteiger partial charge in [0.1, 0.15) is 24.6 Å². The van der Waals surface area contributed by atoms with Crippen molar-refractivity contribution in [1.29, 1.82) is 0 Å². The van der Waals surface area contributed by atoms with E-state index in [4.69, 9.17) is 23.9 Å². The maximum atomic E-state index is 15.8. The summed E-state index contributed by atoms with van der Waals surface area (Å²) in [5.41, 5.74) is 4.78. The summed E-state index contributed by atoms with van der Waals surface area (Å²) in [6, 6.07) is 18.5. The first-order valence-electron chi connectivity index (χ1n) is 15.3. The Hall–Kier alpha value is -3.83. The number of ether oxygens (including phenoxy) is 4. The van der Waals surface area contributed by atoms with E-state index < -0.39 is 11.9 Å². The van der Waals surface area contributed by atoms with Crippen LogP contribution in [0.15, 0.2) is 60.7 Å². The molecule has 44 heavy (non-hydrogen) atoms. The van der Waals surface area contributed by atoms with Gasteiger partial charge in [0.25, 0.3) is 0 Å². The molecule has 4 aromatic rings. The van der Waals surface area contributed by atoms with Crippen LogP contribution in [0.1, 0.15) is 38.3 Å². The molecule has 4 heterocycles. The van der Waals surface area contributed by atoms with Crippen molar-refractivity contribution >= 4 is 22.6 Å². The largest absolute Gasteiger partial charge is 0.473 e. The molecule has 2 N–H and O–H groups in total. The van der Waals surface area contributed by atoms with E-state index in [0.29, 0.717) is 41.4 Å². The van der Waals surface area contributed by atoms with Crippen LogP contribution in [0.25, 0.3) is 33.4 Å². The van der Waals surface area contributed by atoms with Gasteiger partial charge in [0.15, 0.2) is 11.7 Å². The van der Waals surface area contributed by atoms with Gasteiger partial charge in [0.2, 0.25) is 5.91 Å². The van der Waals surface area contributed by atoms with Crippen molar-refractivity contribution in [3.63, 3.8) is 0 Å². The van der Waals surface area contributed by atoms with E-state index in [0.717, 1.165) is 43.2 Å². The van der Waals surface area contributed by atoms with E-state index in [2.05, 4.69) is 5.32 Å². The molecule has 1 aliphatic carbocycles. The summed E-state index contributed by atoms with van der Waals surface area (Å²) in [5.74, 6) is 0.0231. The van der Waals surface area contributed by atoms with Crippen molar-refractivity contribution in [2.24, 2.45) is 5.92 Å². The molecular formula is C34H36FN3O6. The molecule has 2 aromatic heterocycles. The number of benzene rings is 2. The highest BCUT2D eigenvalue weighted by molar-refractivity contribution is 5.92. The molecule has 0 spiro atoms. The summed E-state index contributed by atoms with van der Waals surface area (Å²) in [6.07, 6.45) is 3.35. The van der Waals surface area contributed by atoms with Crippen LogP contribution in [0.2, 0.25) is 0 Å². The topological polar surface area (TPSA) is 104 Å². The minimum atomic E-state index is -0.459. The van der Waals surface area contributed by atoms with Gasteiger partial charge < -0.3 is 29.4 Å². The number of fused-ring (bicyclic) bond motifs is 2. The van der Waals surface area contributed by atoms with Crippen molar-refractivity contribution in [2.75, 3.05) is 32.2 Å². The van der Waals surface area contributed by atoms with Crippen LogP contribution in [0.5, 0.6) is 5.88 Å². The SMILES string of the molecule is COCC(=O)Nc1ccc(-c2ccc(-c3nc4cc(O[C@@H]5CCC6[C@H](O)CO[C@@H]65)n(C5CCCCO5)c4cc3F)cc2)cc1. The molecule has 10 heteroatoms. The summed E-state index contributed by atoms with van der Waals surface area (Å²) in [5, 5.41) is 13.1. The second kappa shape index (κ2) is 12.3. The molecule has 1 saturated carbocycles. The molecule has 2 saturated heterocycles. The van der Waals surface area contributed by atoms with E-state index in [9.17, 15) is 9.90 Å². The lowest BCUT2D eigenvalue weighted by atomic mass is 10.0. The highest BCUT2D eigenvalue weighted by Crippen LogP contribution is 2.41. The van der Waals surface area contributed by atoms with E-state index in [-0.39, 0.29) is 42.6 Å². The minimum Gasteiger partial charge on any atom is -0.473 e. The average molecular weight is 602 g/mol. The zero-order chi connectivity index (χ0) is 30.2. The molecule has 3 fully saturated rings. The molecule has 7 rings (SSSR count). The van der Waals surface area contributed by atoms with Gasteiger partial charge in [-0.3, -0.25) is 9.36 Å². The first-order valence-corrected chi connectivity index (χ1v) is 15.3.